The highest BCUT2D eigenvalue weighted by Gasteiger charge is 2.31. The zero-order valence-corrected chi connectivity index (χ0v) is 11.0. The van der Waals surface area contributed by atoms with Gasteiger partial charge in [0.15, 0.2) is 0 Å². The van der Waals surface area contributed by atoms with Crippen molar-refractivity contribution >= 4 is 0 Å². The lowest BCUT2D eigenvalue weighted by Crippen LogP contribution is -2.44. The molecule has 1 aromatic rings. The number of hydrogen-bond acceptors (Lipinski definition) is 2. The average molecular weight is 221 g/mol. The fourth-order valence-corrected chi connectivity index (χ4v) is 2.02. The van der Waals surface area contributed by atoms with Crippen LogP contribution in [0.15, 0.2) is 18.2 Å². The lowest BCUT2D eigenvalue weighted by molar-refractivity contribution is 0.0215. The zero-order valence-electron chi connectivity index (χ0n) is 11.0. The van der Waals surface area contributed by atoms with Crippen molar-refractivity contribution in [3.63, 3.8) is 0 Å². The summed E-state index contributed by atoms with van der Waals surface area (Å²) in [6, 6.07) is 6.26. The lowest BCUT2D eigenvalue weighted by atomic mass is 9.85. The maximum atomic E-state index is 10.6. The quantitative estimate of drug-likeness (QED) is 0.819. The fraction of sp³-hybridized carbons (Fsp3) is 0.571. The van der Waals surface area contributed by atoms with Gasteiger partial charge in [-0.05, 0) is 45.4 Å². The molecule has 0 saturated carbocycles. The van der Waals surface area contributed by atoms with Crippen molar-refractivity contribution < 1.29 is 5.11 Å². The third kappa shape index (κ3) is 2.63. The van der Waals surface area contributed by atoms with E-state index in [4.69, 9.17) is 0 Å². The highest BCUT2D eigenvalue weighted by atomic mass is 16.3. The molecule has 1 rings (SSSR count). The van der Waals surface area contributed by atoms with Crippen LogP contribution in [0.4, 0.5) is 0 Å². The van der Waals surface area contributed by atoms with Crippen molar-refractivity contribution in [2.75, 3.05) is 6.54 Å². The van der Waals surface area contributed by atoms with Gasteiger partial charge in [-0.1, -0.05) is 30.7 Å². The summed E-state index contributed by atoms with van der Waals surface area (Å²) in [5.74, 6) is 0. The summed E-state index contributed by atoms with van der Waals surface area (Å²) < 4.78 is 0. The summed E-state index contributed by atoms with van der Waals surface area (Å²) in [5.41, 5.74) is 2.51. The standard InChI is InChI=1S/C14H23NO/c1-6-15-12(4)14(5,16)13-9-10(2)7-8-11(13)3/h7-9,12,15-16H,6H2,1-5H3. The van der Waals surface area contributed by atoms with Crippen LogP contribution < -0.4 is 5.32 Å². The minimum atomic E-state index is -0.827. The lowest BCUT2D eigenvalue weighted by Gasteiger charge is -2.33. The Morgan fingerprint density at radius 2 is 2.00 bits per heavy atom. The summed E-state index contributed by atoms with van der Waals surface area (Å²) in [7, 11) is 0. The van der Waals surface area contributed by atoms with E-state index in [1.54, 1.807) is 0 Å². The molecule has 0 fully saturated rings. The van der Waals surface area contributed by atoms with Gasteiger partial charge >= 0.3 is 0 Å². The van der Waals surface area contributed by atoms with Gasteiger partial charge in [0.25, 0.3) is 0 Å². The Bertz CT molecular complexity index is 358. The van der Waals surface area contributed by atoms with Crippen LogP contribution in [0.25, 0.3) is 0 Å². The van der Waals surface area contributed by atoms with E-state index in [2.05, 4.69) is 37.4 Å². The molecule has 0 bridgehead atoms. The molecule has 1 aromatic carbocycles. The van der Waals surface area contributed by atoms with E-state index in [0.717, 1.165) is 17.7 Å². The van der Waals surface area contributed by atoms with Crippen molar-refractivity contribution in [1.82, 2.24) is 5.32 Å². The average Bonchev–Trinajstić information content (AvgIpc) is 2.22. The molecule has 0 aliphatic carbocycles. The topological polar surface area (TPSA) is 32.3 Å². The number of nitrogens with one attached hydrogen (secondary N) is 1. The molecule has 0 radical (unpaired) electrons. The molecule has 2 atom stereocenters. The molecule has 0 heterocycles. The maximum absolute atomic E-state index is 10.6. The molecule has 0 aromatic heterocycles. The highest BCUT2D eigenvalue weighted by Crippen LogP contribution is 2.28. The molecule has 90 valence electrons. The Morgan fingerprint density at radius 1 is 1.38 bits per heavy atom. The van der Waals surface area contributed by atoms with Crippen LogP contribution in [0.2, 0.25) is 0 Å². The largest absolute Gasteiger partial charge is 0.384 e. The molecular weight excluding hydrogens is 198 g/mol. The fourth-order valence-electron chi connectivity index (χ4n) is 2.02. The summed E-state index contributed by atoms with van der Waals surface area (Å²) in [5, 5.41) is 13.9. The minimum absolute atomic E-state index is 0.0398. The van der Waals surface area contributed by atoms with Gasteiger partial charge in [-0.15, -0.1) is 0 Å². The van der Waals surface area contributed by atoms with E-state index >= 15 is 0 Å². The molecule has 0 aliphatic heterocycles. The van der Waals surface area contributed by atoms with Crippen LogP contribution in [0.3, 0.4) is 0 Å². The van der Waals surface area contributed by atoms with E-state index in [9.17, 15) is 5.11 Å². The predicted octanol–water partition coefficient (Wildman–Crippen LogP) is 2.51. The SMILES string of the molecule is CCNC(C)C(C)(O)c1cc(C)ccc1C. The van der Waals surface area contributed by atoms with Crippen molar-refractivity contribution in [2.24, 2.45) is 0 Å². The van der Waals surface area contributed by atoms with E-state index < -0.39 is 5.60 Å². The molecule has 2 N–H and O–H groups in total. The summed E-state index contributed by atoms with van der Waals surface area (Å²) in [6.07, 6.45) is 0. The van der Waals surface area contributed by atoms with Crippen molar-refractivity contribution in [1.29, 1.82) is 0 Å². The Kier molecular flexibility index (Phi) is 4.11. The van der Waals surface area contributed by atoms with Gasteiger partial charge in [0.1, 0.15) is 5.60 Å². The van der Waals surface area contributed by atoms with E-state index in [0.29, 0.717) is 0 Å². The Hall–Kier alpha value is -0.860. The number of aliphatic hydroxyl groups is 1. The van der Waals surface area contributed by atoms with Gasteiger partial charge in [-0.25, -0.2) is 0 Å². The van der Waals surface area contributed by atoms with Gasteiger partial charge < -0.3 is 10.4 Å². The van der Waals surface area contributed by atoms with Gasteiger partial charge in [-0.2, -0.15) is 0 Å². The second kappa shape index (κ2) is 4.98. The van der Waals surface area contributed by atoms with Gasteiger partial charge in [-0.3, -0.25) is 0 Å². The van der Waals surface area contributed by atoms with E-state index in [-0.39, 0.29) is 6.04 Å². The molecule has 2 nitrogen and oxygen atoms in total. The Morgan fingerprint density at radius 3 is 2.56 bits per heavy atom. The third-order valence-electron chi connectivity index (χ3n) is 3.29. The first-order valence-corrected chi connectivity index (χ1v) is 5.93. The second-order valence-corrected chi connectivity index (χ2v) is 4.75. The van der Waals surface area contributed by atoms with Crippen molar-refractivity contribution in [3.05, 3.63) is 34.9 Å². The maximum Gasteiger partial charge on any atom is 0.102 e. The molecule has 0 spiro atoms. The molecule has 0 amide bonds. The van der Waals surface area contributed by atoms with Crippen LogP contribution in [-0.4, -0.2) is 17.7 Å². The number of rotatable bonds is 4. The first-order valence-electron chi connectivity index (χ1n) is 5.93. The summed E-state index contributed by atoms with van der Waals surface area (Å²) in [6.45, 7) is 10.9. The van der Waals surface area contributed by atoms with Crippen LogP contribution in [0, 0.1) is 13.8 Å². The molecule has 0 saturated heterocycles. The summed E-state index contributed by atoms with van der Waals surface area (Å²) >= 11 is 0. The zero-order chi connectivity index (χ0) is 12.3. The first kappa shape index (κ1) is 13.2. The first-order chi connectivity index (χ1) is 7.39. The van der Waals surface area contributed by atoms with E-state index in [1.807, 2.05) is 20.8 Å². The van der Waals surface area contributed by atoms with Crippen LogP contribution >= 0.6 is 0 Å². The molecular formula is C14H23NO. The van der Waals surface area contributed by atoms with E-state index in [1.165, 1.54) is 5.56 Å². The Balaban J connectivity index is 3.10. The minimum Gasteiger partial charge on any atom is -0.384 e. The van der Waals surface area contributed by atoms with Crippen LogP contribution in [0.5, 0.6) is 0 Å². The smallest absolute Gasteiger partial charge is 0.102 e. The number of aryl methyl sites for hydroxylation is 2. The molecule has 16 heavy (non-hydrogen) atoms. The Labute approximate surface area is 98.7 Å². The number of hydrogen-bond donors (Lipinski definition) is 2. The van der Waals surface area contributed by atoms with Crippen LogP contribution in [-0.2, 0) is 5.60 Å². The van der Waals surface area contributed by atoms with Gasteiger partial charge in [0.05, 0.1) is 0 Å². The number of benzene rings is 1. The molecule has 2 unspecified atom stereocenters. The third-order valence-corrected chi connectivity index (χ3v) is 3.29. The number of likely N-dealkylation sites (N-methyl/N-ethyl adjacent to an activating group) is 1. The van der Waals surface area contributed by atoms with Crippen molar-refractivity contribution in [3.8, 4) is 0 Å². The molecule has 0 aliphatic rings. The van der Waals surface area contributed by atoms with Gasteiger partial charge in [0.2, 0.25) is 0 Å². The monoisotopic (exact) mass is 221 g/mol. The second-order valence-electron chi connectivity index (χ2n) is 4.75. The van der Waals surface area contributed by atoms with Crippen molar-refractivity contribution in [2.45, 2.75) is 46.3 Å². The molecule has 2 heteroatoms. The normalized spacial score (nSPS) is 16.9. The predicted molar refractivity (Wildman–Crippen MR) is 68.6 cm³/mol. The van der Waals surface area contributed by atoms with Gasteiger partial charge in [0, 0.05) is 6.04 Å². The highest BCUT2D eigenvalue weighted by molar-refractivity contribution is 5.35. The summed E-state index contributed by atoms with van der Waals surface area (Å²) in [4.78, 5) is 0. The van der Waals surface area contributed by atoms with Crippen LogP contribution in [0.1, 0.15) is 37.5 Å².